The number of halogens is 3. The van der Waals surface area contributed by atoms with Crippen molar-refractivity contribution in [2.24, 2.45) is 0 Å². The van der Waals surface area contributed by atoms with Crippen LogP contribution in [-0.4, -0.2) is 29.4 Å². The van der Waals surface area contributed by atoms with Crippen LogP contribution >= 0.6 is 11.3 Å². The lowest BCUT2D eigenvalue weighted by atomic mass is 9.91. The molecule has 1 aromatic heterocycles. The monoisotopic (exact) mass is 393 g/mol. The number of alkyl halides is 3. The minimum Gasteiger partial charge on any atom is -0.398 e. The first-order valence-electron chi connectivity index (χ1n) is 8.61. The van der Waals surface area contributed by atoms with Crippen molar-refractivity contribution in [3.05, 3.63) is 53.0 Å². The van der Waals surface area contributed by atoms with E-state index in [4.69, 9.17) is 5.73 Å². The second-order valence-electron chi connectivity index (χ2n) is 6.66. The summed E-state index contributed by atoms with van der Waals surface area (Å²) < 4.78 is 42.7. The third-order valence-electron chi connectivity index (χ3n) is 4.91. The predicted molar refractivity (Wildman–Crippen MR) is 101 cm³/mol. The van der Waals surface area contributed by atoms with Crippen LogP contribution in [0, 0.1) is 0 Å². The van der Waals surface area contributed by atoms with Crippen molar-refractivity contribution >= 4 is 32.9 Å². The van der Waals surface area contributed by atoms with E-state index in [9.17, 15) is 18.3 Å². The fourth-order valence-electron chi connectivity index (χ4n) is 3.47. The smallest absolute Gasteiger partial charge is 0.398 e. The van der Waals surface area contributed by atoms with E-state index in [0.717, 1.165) is 43.0 Å². The molecule has 1 atom stereocenters. The summed E-state index contributed by atoms with van der Waals surface area (Å²) >= 11 is 0.817. The minimum absolute atomic E-state index is 0.0986. The fraction of sp³-hybridized carbons (Fsp3) is 0.316. The Bertz CT molecular complexity index is 949. The highest BCUT2D eigenvalue weighted by Crippen LogP contribution is 2.48. The van der Waals surface area contributed by atoms with Crippen molar-refractivity contribution in [2.75, 3.05) is 23.7 Å². The number of aliphatic hydroxyl groups is 1. The van der Waals surface area contributed by atoms with E-state index in [2.05, 4.69) is 9.88 Å². The van der Waals surface area contributed by atoms with Gasteiger partial charge in [0.1, 0.15) is 5.01 Å². The standard InChI is InChI=1S/C19H18F3N3OS/c20-19(21,22)18(26,17-24-15-5-1-2-6-16(15)27-17)13-8-7-12(11-14(13)23)25-9-3-4-10-25/h1-2,5-8,11,26H,3-4,9-10,23H2. The molecule has 1 saturated heterocycles. The second-order valence-corrected chi connectivity index (χ2v) is 7.69. The Morgan fingerprint density at radius 2 is 1.78 bits per heavy atom. The van der Waals surface area contributed by atoms with Crippen LogP contribution in [0.3, 0.4) is 0 Å². The van der Waals surface area contributed by atoms with Gasteiger partial charge in [0.15, 0.2) is 0 Å². The molecule has 3 aromatic rings. The van der Waals surface area contributed by atoms with Crippen LogP contribution in [0.15, 0.2) is 42.5 Å². The van der Waals surface area contributed by atoms with Crippen molar-refractivity contribution in [1.29, 1.82) is 0 Å². The lowest BCUT2D eigenvalue weighted by molar-refractivity contribution is -0.248. The van der Waals surface area contributed by atoms with E-state index in [0.29, 0.717) is 10.2 Å². The Labute approximate surface area is 158 Å². The zero-order valence-electron chi connectivity index (χ0n) is 14.3. The molecule has 8 heteroatoms. The molecule has 4 rings (SSSR count). The molecule has 0 spiro atoms. The molecule has 0 bridgehead atoms. The number of benzene rings is 2. The molecule has 142 valence electrons. The molecule has 1 fully saturated rings. The summed E-state index contributed by atoms with van der Waals surface area (Å²) in [6.07, 6.45) is -2.89. The summed E-state index contributed by atoms with van der Waals surface area (Å²) in [4.78, 5) is 6.13. The molecule has 0 radical (unpaired) electrons. The third-order valence-corrected chi connectivity index (χ3v) is 6.05. The molecule has 0 aliphatic carbocycles. The van der Waals surface area contributed by atoms with Crippen LogP contribution < -0.4 is 10.6 Å². The van der Waals surface area contributed by atoms with Gasteiger partial charge in [-0.2, -0.15) is 13.2 Å². The quantitative estimate of drug-likeness (QED) is 0.652. The molecular weight excluding hydrogens is 375 g/mol. The SMILES string of the molecule is Nc1cc(N2CCCC2)ccc1C(O)(c1nc2ccccc2s1)C(F)(F)F. The number of thiazole rings is 1. The summed E-state index contributed by atoms with van der Waals surface area (Å²) in [6, 6.07) is 11.1. The molecule has 4 nitrogen and oxygen atoms in total. The molecule has 0 amide bonds. The predicted octanol–water partition coefficient (Wildman–Crippen LogP) is 4.28. The third kappa shape index (κ3) is 2.93. The van der Waals surface area contributed by atoms with Crippen molar-refractivity contribution in [1.82, 2.24) is 4.98 Å². The van der Waals surface area contributed by atoms with Gasteiger partial charge in [0.25, 0.3) is 0 Å². The molecule has 1 aliphatic heterocycles. The normalized spacial score (nSPS) is 17.4. The number of hydrogen-bond donors (Lipinski definition) is 2. The number of nitrogens with two attached hydrogens (primary N) is 1. The topological polar surface area (TPSA) is 62.4 Å². The van der Waals surface area contributed by atoms with Crippen molar-refractivity contribution in [3.8, 4) is 0 Å². The van der Waals surface area contributed by atoms with Crippen molar-refractivity contribution < 1.29 is 18.3 Å². The van der Waals surface area contributed by atoms with Gasteiger partial charge < -0.3 is 15.7 Å². The number of nitrogen functional groups attached to an aromatic ring is 1. The highest BCUT2D eigenvalue weighted by molar-refractivity contribution is 7.18. The number of rotatable bonds is 3. The number of para-hydroxylation sites is 1. The van der Waals surface area contributed by atoms with E-state index in [1.54, 1.807) is 30.3 Å². The largest absolute Gasteiger partial charge is 0.428 e. The molecule has 0 saturated carbocycles. The maximum absolute atomic E-state index is 14.0. The maximum atomic E-state index is 14.0. The van der Waals surface area contributed by atoms with Crippen LogP contribution in [-0.2, 0) is 5.60 Å². The van der Waals surface area contributed by atoms with Gasteiger partial charge in [-0.3, -0.25) is 0 Å². The average molecular weight is 393 g/mol. The van der Waals surface area contributed by atoms with Crippen LogP contribution in [0.4, 0.5) is 24.5 Å². The molecule has 1 unspecified atom stereocenters. The van der Waals surface area contributed by atoms with Gasteiger partial charge in [0.2, 0.25) is 5.60 Å². The Hall–Kier alpha value is -2.32. The summed E-state index contributed by atoms with van der Waals surface area (Å²) in [7, 11) is 0. The highest BCUT2D eigenvalue weighted by atomic mass is 32.1. The molecule has 2 aromatic carbocycles. The van der Waals surface area contributed by atoms with Crippen LogP contribution in [0.2, 0.25) is 0 Å². The maximum Gasteiger partial charge on any atom is 0.428 e. The Morgan fingerprint density at radius 3 is 2.41 bits per heavy atom. The van der Waals surface area contributed by atoms with E-state index in [1.807, 2.05) is 0 Å². The zero-order valence-corrected chi connectivity index (χ0v) is 15.1. The van der Waals surface area contributed by atoms with Crippen molar-refractivity contribution in [3.63, 3.8) is 0 Å². The Kier molecular flexibility index (Phi) is 4.27. The Balaban J connectivity index is 1.85. The number of aromatic nitrogens is 1. The van der Waals surface area contributed by atoms with Gasteiger partial charge in [0, 0.05) is 30.0 Å². The number of fused-ring (bicyclic) bond motifs is 1. The first kappa shape index (κ1) is 18.1. The summed E-state index contributed by atoms with van der Waals surface area (Å²) in [5.74, 6) is 0. The summed E-state index contributed by atoms with van der Waals surface area (Å²) in [5, 5.41) is 10.4. The average Bonchev–Trinajstić information content (AvgIpc) is 3.29. The number of anilines is 2. The van der Waals surface area contributed by atoms with E-state index in [-0.39, 0.29) is 5.69 Å². The zero-order chi connectivity index (χ0) is 19.2. The van der Waals surface area contributed by atoms with E-state index < -0.39 is 22.3 Å². The fourth-order valence-corrected chi connectivity index (χ4v) is 4.56. The summed E-state index contributed by atoms with van der Waals surface area (Å²) in [6.45, 7) is 1.69. The first-order valence-corrected chi connectivity index (χ1v) is 9.42. The molecule has 2 heterocycles. The van der Waals surface area contributed by atoms with Crippen LogP contribution in [0.25, 0.3) is 10.2 Å². The van der Waals surface area contributed by atoms with Gasteiger partial charge in [-0.1, -0.05) is 18.2 Å². The van der Waals surface area contributed by atoms with Crippen molar-refractivity contribution in [2.45, 2.75) is 24.6 Å². The minimum atomic E-state index is -4.97. The van der Waals surface area contributed by atoms with Gasteiger partial charge in [-0.25, -0.2) is 4.98 Å². The lowest BCUT2D eigenvalue weighted by Crippen LogP contribution is -2.43. The molecule has 3 N–H and O–H groups in total. The summed E-state index contributed by atoms with van der Waals surface area (Å²) in [5.41, 5.74) is 3.42. The molecule has 1 aliphatic rings. The van der Waals surface area contributed by atoms with Crippen LogP contribution in [0.5, 0.6) is 0 Å². The molecule has 27 heavy (non-hydrogen) atoms. The Morgan fingerprint density at radius 1 is 1.07 bits per heavy atom. The number of hydrogen-bond acceptors (Lipinski definition) is 5. The highest BCUT2D eigenvalue weighted by Gasteiger charge is 2.59. The lowest BCUT2D eigenvalue weighted by Gasteiger charge is -2.30. The number of nitrogens with zero attached hydrogens (tertiary/aromatic N) is 2. The van der Waals surface area contributed by atoms with Gasteiger partial charge >= 0.3 is 6.18 Å². The van der Waals surface area contributed by atoms with Gasteiger partial charge in [0.05, 0.1) is 10.2 Å². The van der Waals surface area contributed by atoms with E-state index in [1.165, 1.54) is 12.1 Å². The van der Waals surface area contributed by atoms with Gasteiger partial charge in [-0.15, -0.1) is 11.3 Å². The van der Waals surface area contributed by atoms with Crippen LogP contribution in [0.1, 0.15) is 23.4 Å². The first-order chi connectivity index (χ1) is 12.8. The van der Waals surface area contributed by atoms with E-state index >= 15 is 0 Å². The second kappa shape index (κ2) is 6.38. The van der Waals surface area contributed by atoms with Gasteiger partial charge in [-0.05, 0) is 37.1 Å². The molecular formula is C19H18F3N3OS.